The second-order valence-corrected chi connectivity index (χ2v) is 5.56. The van der Waals surface area contributed by atoms with E-state index in [0.29, 0.717) is 13.0 Å². The molecule has 1 amide bonds. The van der Waals surface area contributed by atoms with E-state index in [0.717, 1.165) is 57.2 Å². The highest BCUT2D eigenvalue weighted by Gasteiger charge is 2.25. The molecule has 3 rings (SSSR count). The van der Waals surface area contributed by atoms with Gasteiger partial charge in [-0.3, -0.25) is 15.0 Å². The van der Waals surface area contributed by atoms with Crippen molar-refractivity contribution in [2.24, 2.45) is 0 Å². The van der Waals surface area contributed by atoms with E-state index in [9.17, 15) is 4.79 Å². The SMILES string of the molecule is O=C(NCCCN1CCOCC1)C1Cc2nc[nH]c2CN1. The summed E-state index contributed by atoms with van der Waals surface area (Å²) in [7, 11) is 0. The summed E-state index contributed by atoms with van der Waals surface area (Å²) in [6, 6.07) is -0.163. The van der Waals surface area contributed by atoms with E-state index in [4.69, 9.17) is 4.74 Å². The van der Waals surface area contributed by atoms with Gasteiger partial charge in [-0.05, 0) is 13.0 Å². The minimum absolute atomic E-state index is 0.0747. The Hall–Kier alpha value is -1.44. The van der Waals surface area contributed by atoms with Crippen molar-refractivity contribution >= 4 is 5.91 Å². The Morgan fingerprint density at radius 1 is 1.48 bits per heavy atom. The Bertz CT molecular complexity index is 470. The predicted molar refractivity (Wildman–Crippen MR) is 77.8 cm³/mol. The van der Waals surface area contributed by atoms with Crippen LogP contribution in [0.4, 0.5) is 0 Å². The monoisotopic (exact) mass is 293 g/mol. The highest BCUT2D eigenvalue weighted by atomic mass is 16.5. The van der Waals surface area contributed by atoms with Gasteiger partial charge in [0, 0.05) is 32.6 Å². The number of aromatic nitrogens is 2. The number of ether oxygens (including phenoxy) is 1. The van der Waals surface area contributed by atoms with E-state index in [1.807, 2.05) is 0 Å². The van der Waals surface area contributed by atoms with Crippen LogP contribution in [0.5, 0.6) is 0 Å². The summed E-state index contributed by atoms with van der Waals surface area (Å²) in [6.07, 6.45) is 3.33. The van der Waals surface area contributed by atoms with Crippen LogP contribution in [0.1, 0.15) is 17.8 Å². The number of morpholine rings is 1. The average molecular weight is 293 g/mol. The molecule has 1 saturated heterocycles. The van der Waals surface area contributed by atoms with Crippen LogP contribution in [-0.4, -0.2) is 66.2 Å². The molecule has 1 unspecified atom stereocenters. The first-order valence-corrected chi connectivity index (χ1v) is 7.65. The molecule has 1 atom stereocenters. The lowest BCUT2D eigenvalue weighted by Crippen LogP contribution is -2.48. The number of H-pyrrole nitrogens is 1. The second kappa shape index (κ2) is 7.02. The molecule has 0 bridgehead atoms. The third kappa shape index (κ3) is 3.81. The van der Waals surface area contributed by atoms with Gasteiger partial charge in [0.1, 0.15) is 0 Å². The van der Waals surface area contributed by atoms with Crippen LogP contribution in [0, 0.1) is 0 Å². The summed E-state index contributed by atoms with van der Waals surface area (Å²) in [5, 5.41) is 6.26. The molecule has 0 spiro atoms. The van der Waals surface area contributed by atoms with E-state index in [1.54, 1.807) is 6.33 Å². The number of carbonyl (C=O) groups excluding carboxylic acids is 1. The molecule has 2 aliphatic rings. The van der Waals surface area contributed by atoms with E-state index in [2.05, 4.69) is 25.5 Å². The fourth-order valence-corrected chi connectivity index (χ4v) is 2.82. The zero-order valence-corrected chi connectivity index (χ0v) is 12.2. The maximum Gasteiger partial charge on any atom is 0.237 e. The molecule has 1 fully saturated rings. The van der Waals surface area contributed by atoms with Crippen LogP contribution < -0.4 is 10.6 Å². The van der Waals surface area contributed by atoms with Gasteiger partial charge in [-0.1, -0.05) is 0 Å². The molecule has 3 heterocycles. The molecule has 0 aromatic carbocycles. The molecule has 0 aliphatic carbocycles. The van der Waals surface area contributed by atoms with Crippen LogP contribution in [-0.2, 0) is 22.5 Å². The molecule has 21 heavy (non-hydrogen) atoms. The minimum atomic E-state index is -0.163. The van der Waals surface area contributed by atoms with Gasteiger partial charge in [-0.15, -0.1) is 0 Å². The zero-order valence-electron chi connectivity index (χ0n) is 12.2. The number of rotatable bonds is 5. The number of hydrogen-bond donors (Lipinski definition) is 3. The molecule has 1 aromatic heterocycles. The summed E-state index contributed by atoms with van der Waals surface area (Å²) < 4.78 is 5.32. The third-order valence-corrected chi connectivity index (χ3v) is 4.10. The van der Waals surface area contributed by atoms with Crippen molar-refractivity contribution in [3.63, 3.8) is 0 Å². The smallest absolute Gasteiger partial charge is 0.237 e. The topological polar surface area (TPSA) is 82.3 Å². The summed E-state index contributed by atoms with van der Waals surface area (Å²) >= 11 is 0. The van der Waals surface area contributed by atoms with Gasteiger partial charge in [0.15, 0.2) is 0 Å². The molecular weight excluding hydrogens is 270 g/mol. The fourth-order valence-electron chi connectivity index (χ4n) is 2.82. The van der Waals surface area contributed by atoms with Crippen molar-refractivity contribution in [1.82, 2.24) is 25.5 Å². The van der Waals surface area contributed by atoms with Crippen LogP contribution in [0.25, 0.3) is 0 Å². The Balaban J connectivity index is 1.35. The quantitative estimate of drug-likeness (QED) is 0.623. The van der Waals surface area contributed by atoms with Crippen molar-refractivity contribution in [1.29, 1.82) is 0 Å². The van der Waals surface area contributed by atoms with E-state index < -0.39 is 0 Å². The van der Waals surface area contributed by atoms with Gasteiger partial charge in [0.25, 0.3) is 0 Å². The third-order valence-electron chi connectivity index (χ3n) is 4.10. The normalized spacial score (nSPS) is 22.8. The van der Waals surface area contributed by atoms with Gasteiger partial charge >= 0.3 is 0 Å². The number of fused-ring (bicyclic) bond motifs is 1. The number of nitrogens with zero attached hydrogens (tertiary/aromatic N) is 2. The predicted octanol–water partition coefficient (Wildman–Crippen LogP) is -0.737. The molecule has 7 nitrogen and oxygen atoms in total. The number of imidazole rings is 1. The summed E-state index contributed by atoms with van der Waals surface area (Å²) in [5.41, 5.74) is 2.09. The molecule has 116 valence electrons. The van der Waals surface area contributed by atoms with Crippen molar-refractivity contribution < 1.29 is 9.53 Å². The molecular formula is C14H23N5O2. The standard InChI is InChI=1S/C14H23N5O2/c20-14(12-8-11-13(9-16-12)18-10-17-11)15-2-1-3-19-4-6-21-7-5-19/h10,12,16H,1-9H2,(H,15,20)(H,17,18). The maximum absolute atomic E-state index is 12.1. The van der Waals surface area contributed by atoms with Gasteiger partial charge < -0.3 is 15.0 Å². The summed E-state index contributed by atoms with van der Waals surface area (Å²) in [4.78, 5) is 21.9. The van der Waals surface area contributed by atoms with E-state index in [1.165, 1.54) is 0 Å². The van der Waals surface area contributed by atoms with E-state index in [-0.39, 0.29) is 11.9 Å². The van der Waals surface area contributed by atoms with Gasteiger partial charge in [0.2, 0.25) is 5.91 Å². The number of nitrogens with one attached hydrogen (secondary N) is 3. The lowest BCUT2D eigenvalue weighted by molar-refractivity contribution is -0.123. The lowest BCUT2D eigenvalue weighted by atomic mass is 10.0. The van der Waals surface area contributed by atoms with Gasteiger partial charge in [-0.2, -0.15) is 0 Å². The van der Waals surface area contributed by atoms with Crippen LogP contribution in [0.2, 0.25) is 0 Å². The van der Waals surface area contributed by atoms with Crippen LogP contribution >= 0.6 is 0 Å². The van der Waals surface area contributed by atoms with Crippen LogP contribution in [0.3, 0.4) is 0 Å². The van der Waals surface area contributed by atoms with Crippen molar-refractivity contribution in [3.8, 4) is 0 Å². The average Bonchev–Trinajstić information content (AvgIpc) is 3.00. The molecule has 2 aliphatic heterocycles. The number of hydrogen-bond acceptors (Lipinski definition) is 5. The Morgan fingerprint density at radius 2 is 2.33 bits per heavy atom. The zero-order chi connectivity index (χ0) is 14.5. The second-order valence-electron chi connectivity index (χ2n) is 5.56. The first-order valence-electron chi connectivity index (χ1n) is 7.65. The fraction of sp³-hybridized carbons (Fsp3) is 0.714. The Labute approximate surface area is 124 Å². The van der Waals surface area contributed by atoms with Gasteiger partial charge in [-0.25, -0.2) is 4.98 Å². The number of amides is 1. The summed E-state index contributed by atoms with van der Waals surface area (Å²) in [5.74, 6) is 0.0747. The van der Waals surface area contributed by atoms with Crippen molar-refractivity contribution in [2.45, 2.75) is 25.4 Å². The molecule has 0 saturated carbocycles. The number of aromatic amines is 1. The molecule has 7 heteroatoms. The Kier molecular flexibility index (Phi) is 4.84. The van der Waals surface area contributed by atoms with Crippen molar-refractivity contribution in [3.05, 3.63) is 17.7 Å². The summed E-state index contributed by atoms with van der Waals surface area (Å²) in [6.45, 7) is 6.07. The Morgan fingerprint density at radius 3 is 3.19 bits per heavy atom. The molecule has 3 N–H and O–H groups in total. The van der Waals surface area contributed by atoms with Gasteiger partial charge in [0.05, 0.1) is 37.0 Å². The minimum Gasteiger partial charge on any atom is -0.379 e. The number of carbonyl (C=O) groups is 1. The van der Waals surface area contributed by atoms with Crippen molar-refractivity contribution in [2.75, 3.05) is 39.4 Å². The molecule has 1 aromatic rings. The highest BCUT2D eigenvalue weighted by molar-refractivity contribution is 5.82. The largest absolute Gasteiger partial charge is 0.379 e. The lowest BCUT2D eigenvalue weighted by Gasteiger charge is -2.26. The maximum atomic E-state index is 12.1. The van der Waals surface area contributed by atoms with Crippen LogP contribution in [0.15, 0.2) is 6.33 Å². The first-order chi connectivity index (χ1) is 10.3. The first kappa shape index (κ1) is 14.5. The van der Waals surface area contributed by atoms with E-state index >= 15 is 0 Å². The molecule has 0 radical (unpaired) electrons. The highest BCUT2D eigenvalue weighted by Crippen LogP contribution is 2.12.